The Morgan fingerprint density at radius 1 is 1.14 bits per heavy atom. The molecule has 148 valence electrons. The van der Waals surface area contributed by atoms with E-state index in [0.29, 0.717) is 13.0 Å². The maximum atomic E-state index is 13.1. The van der Waals surface area contributed by atoms with E-state index < -0.39 is 0 Å². The van der Waals surface area contributed by atoms with E-state index in [-0.39, 0.29) is 5.91 Å². The van der Waals surface area contributed by atoms with Crippen LogP contribution in [-0.4, -0.2) is 16.6 Å². The number of thioether (sulfide) groups is 1. The third kappa shape index (κ3) is 4.71. The van der Waals surface area contributed by atoms with Gasteiger partial charge in [0.15, 0.2) is 5.13 Å². The van der Waals surface area contributed by atoms with Gasteiger partial charge in [-0.2, -0.15) is 0 Å². The Labute approximate surface area is 178 Å². The fraction of sp³-hybridized carbons (Fsp3) is 0.217. The predicted molar refractivity (Wildman–Crippen MR) is 121 cm³/mol. The zero-order valence-electron chi connectivity index (χ0n) is 16.4. The molecule has 2 aromatic carbocycles. The molecule has 0 aliphatic rings. The molecule has 6 heteroatoms. The smallest absolute Gasteiger partial charge is 0.230 e. The Bertz CT molecular complexity index is 1100. The number of thiazole rings is 1. The van der Waals surface area contributed by atoms with Gasteiger partial charge in [-0.1, -0.05) is 35.6 Å². The molecule has 0 radical (unpaired) electrons. The van der Waals surface area contributed by atoms with Crippen LogP contribution in [0.2, 0.25) is 0 Å². The molecule has 29 heavy (non-hydrogen) atoms. The Hall–Kier alpha value is -2.57. The topological polar surface area (TPSA) is 46.3 Å². The molecule has 4 nitrogen and oxygen atoms in total. The number of furan rings is 1. The van der Waals surface area contributed by atoms with Gasteiger partial charge in [-0.3, -0.25) is 9.69 Å². The lowest BCUT2D eigenvalue weighted by atomic mass is 10.1. The van der Waals surface area contributed by atoms with Gasteiger partial charge in [-0.05, 0) is 55.3 Å². The van der Waals surface area contributed by atoms with Crippen molar-refractivity contribution in [1.82, 2.24) is 4.98 Å². The summed E-state index contributed by atoms with van der Waals surface area (Å²) in [6, 6.07) is 18.1. The molecule has 0 unspecified atom stereocenters. The zero-order chi connectivity index (χ0) is 20.2. The molecule has 4 aromatic rings. The van der Waals surface area contributed by atoms with Crippen molar-refractivity contribution >= 4 is 44.4 Å². The lowest BCUT2D eigenvalue weighted by Crippen LogP contribution is -2.30. The highest BCUT2D eigenvalue weighted by Gasteiger charge is 2.21. The molecular weight excluding hydrogens is 400 g/mol. The number of rotatable bonds is 7. The van der Waals surface area contributed by atoms with Crippen LogP contribution in [0.3, 0.4) is 0 Å². The Morgan fingerprint density at radius 2 is 1.97 bits per heavy atom. The van der Waals surface area contributed by atoms with Crippen molar-refractivity contribution < 1.29 is 9.21 Å². The number of anilines is 1. The lowest BCUT2D eigenvalue weighted by Gasteiger charge is -2.18. The zero-order valence-corrected chi connectivity index (χ0v) is 18.1. The first-order chi connectivity index (χ1) is 14.1. The summed E-state index contributed by atoms with van der Waals surface area (Å²) in [5.41, 5.74) is 3.31. The van der Waals surface area contributed by atoms with Crippen LogP contribution in [-0.2, 0) is 11.3 Å². The maximum absolute atomic E-state index is 13.1. The van der Waals surface area contributed by atoms with Gasteiger partial charge < -0.3 is 4.42 Å². The van der Waals surface area contributed by atoms with Crippen LogP contribution < -0.4 is 4.90 Å². The molecule has 0 atom stereocenters. The average molecular weight is 423 g/mol. The number of nitrogens with zero attached hydrogens (tertiary/aromatic N) is 2. The number of fused-ring (bicyclic) bond motifs is 1. The summed E-state index contributed by atoms with van der Waals surface area (Å²) in [4.78, 5) is 20.8. The third-order valence-corrected chi connectivity index (χ3v) is 6.81. The largest absolute Gasteiger partial charge is 0.467 e. The van der Waals surface area contributed by atoms with E-state index in [0.717, 1.165) is 26.9 Å². The van der Waals surface area contributed by atoms with Gasteiger partial charge in [0.25, 0.3) is 0 Å². The molecule has 4 rings (SSSR count). The summed E-state index contributed by atoms with van der Waals surface area (Å²) < 4.78 is 6.63. The van der Waals surface area contributed by atoms with Gasteiger partial charge in [-0.15, -0.1) is 11.8 Å². The highest BCUT2D eigenvalue weighted by atomic mass is 32.2. The van der Waals surface area contributed by atoms with Crippen LogP contribution in [0.5, 0.6) is 0 Å². The van der Waals surface area contributed by atoms with Crippen molar-refractivity contribution in [1.29, 1.82) is 0 Å². The summed E-state index contributed by atoms with van der Waals surface area (Å²) >= 11 is 3.26. The SMILES string of the molecule is Cc1cc(C)c2sc(N(Cc3ccco3)C(=O)CCSc3ccccc3)nc2c1. The van der Waals surface area contributed by atoms with E-state index >= 15 is 0 Å². The molecule has 0 aliphatic heterocycles. The quantitative estimate of drug-likeness (QED) is 0.332. The number of hydrogen-bond acceptors (Lipinski definition) is 5. The van der Waals surface area contributed by atoms with Gasteiger partial charge in [0, 0.05) is 17.1 Å². The molecule has 0 spiro atoms. The summed E-state index contributed by atoms with van der Waals surface area (Å²) in [5, 5.41) is 0.722. The van der Waals surface area contributed by atoms with E-state index in [9.17, 15) is 4.79 Å². The Kier molecular flexibility index (Phi) is 6.02. The summed E-state index contributed by atoms with van der Waals surface area (Å²) in [6.07, 6.45) is 2.07. The summed E-state index contributed by atoms with van der Waals surface area (Å²) in [6.45, 7) is 4.55. The normalized spacial score (nSPS) is 11.1. The van der Waals surface area contributed by atoms with Crippen LogP contribution in [0.15, 0.2) is 70.2 Å². The number of carbonyl (C=O) groups excluding carboxylic acids is 1. The highest BCUT2D eigenvalue weighted by molar-refractivity contribution is 7.99. The number of carbonyl (C=O) groups is 1. The van der Waals surface area contributed by atoms with Crippen LogP contribution in [0, 0.1) is 13.8 Å². The third-order valence-electron chi connectivity index (χ3n) is 4.56. The van der Waals surface area contributed by atoms with Crippen LogP contribution in [0.1, 0.15) is 23.3 Å². The number of benzene rings is 2. The molecule has 0 bridgehead atoms. The molecule has 1 amide bonds. The minimum absolute atomic E-state index is 0.0539. The minimum Gasteiger partial charge on any atom is -0.467 e. The van der Waals surface area contributed by atoms with Gasteiger partial charge in [0.1, 0.15) is 5.76 Å². The first kappa shape index (κ1) is 19.7. The van der Waals surface area contributed by atoms with Crippen molar-refractivity contribution in [3.05, 3.63) is 77.7 Å². The van der Waals surface area contributed by atoms with E-state index in [2.05, 4.69) is 38.1 Å². The predicted octanol–water partition coefficient (Wildman–Crippen LogP) is 6.22. The van der Waals surface area contributed by atoms with Crippen molar-refractivity contribution in [2.75, 3.05) is 10.7 Å². The number of aryl methyl sites for hydroxylation is 2. The minimum atomic E-state index is 0.0539. The van der Waals surface area contributed by atoms with E-state index in [1.165, 1.54) is 16.0 Å². The Morgan fingerprint density at radius 3 is 2.72 bits per heavy atom. The number of amides is 1. The van der Waals surface area contributed by atoms with Crippen molar-refractivity contribution in [3.63, 3.8) is 0 Å². The first-order valence-electron chi connectivity index (χ1n) is 9.48. The molecule has 2 aromatic heterocycles. The van der Waals surface area contributed by atoms with Crippen molar-refractivity contribution in [3.8, 4) is 0 Å². The second-order valence-electron chi connectivity index (χ2n) is 6.90. The maximum Gasteiger partial charge on any atom is 0.230 e. The van der Waals surface area contributed by atoms with Crippen molar-refractivity contribution in [2.24, 2.45) is 0 Å². The molecule has 0 aliphatic carbocycles. The second kappa shape index (κ2) is 8.84. The number of hydrogen-bond donors (Lipinski definition) is 0. The molecule has 0 saturated heterocycles. The van der Waals surface area contributed by atoms with Crippen LogP contribution in [0.25, 0.3) is 10.2 Å². The molecule has 0 N–H and O–H groups in total. The van der Waals surface area contributed by atoms with Gasteiger partial charge in [0.2, 0.25) is 5.91 Å². The molecular formula is C23H22N2O2S2. The molecule has 0 saturated carbocycles. The van der Waals surface area contributed by atoms with Crippen LogP contribution in [0.4, 0.5) is 5.13 Å². The van der Waals surface area contributed by atoms with Crippen molar-refractivity contribution in [2.45, 2.75) is 31.7 Å². The fourth-order valence-electron chi connectivity index (χ4n) is 3.21. The Balaban J connectivity index is 1.56. The van der Waals surface area contributed by atoms with E-state index in [1.807, 2.05) is 30.3 Å². The van der Waals surface area contributed by atoms with Gasteiger partial charge in [-0.25, -0.2) is 4.98 Å². The summed E-state index contributed by atoms with van der Waals surface area (Å²) in [7, 11) is 0. The van der Waals surface area contributed by atoms with E-state index in [1.54, 1.807) is 34.3 Å². The van der Waals surface area contributed by atoms with Crippen LogP contribution >= 0.6 is 23.1 Å². The standard InChI is InChI=1S/C23H22N2O2S2/c1-16-13-17(2)22-20(14-16)24-23(29-22)25(15-18-7-6-11-27-18)21(26)10-12-28-19-8-4-3-5-9-19/h3-9,11,13-14H,10,12,15H2,1-2H3. The second-order valence-corrected chi connectivity index (χ2v) is 9.04. The highest BCUT2D eigenvalue weighted by Crippen LogP contribution is 2.33. The number of aromatic nitrogens is 1. The fourth-order valence-corrected chi connectivity index (χ4v) is 5.10. The van der Waals surface area contributed by atoms with E-state index in [4.69, 9.17) is 9.40 Å². The first-order valence-corrected chi connectivity index (χ1v) is 11.3. The van der Waals surface area contributed by atoms with Gasteiger partial charge in [0.05, 0.1) is 23.0 Å². The monoisotopic (exact) mass is 422 g/mol. The lowest BCUT2D eigenvalue weighted by molar-refractivity contribution is -0.118. The average Bonchev–Trinajstić information content (AvgIpc) is 3.36. The molecule has 0 fully saturated rings. The summed E-state index contributed by atoms with van der Waals surface area (Å²) in [5.74, 6) is 1.53. The molecule has 2 heterocycles. The van der Waals surface area contributed by atoms with Gasteiger partial charge >= 0.3 is 0 Å².